The Hall–Kier alpha value is -2.46. The predicted molar refractivity (Wildman–Crippen MR) is 89.0 cm³/mol. The zero-order valence-corrected chi connectivity index (χ0v) is 12.6. The van der Waals surface area contributed by atoms with Crippen LogP contribution in [0.4, 0.5) is 10.2 Å². The number of halogens is 1. The molecule has 0 unspecified atom stereocenters. The van der Waals surface area contributed by atoms with E-state index < -0.39 is 0 Å². The molecule has 3 rings (SSSR count). The van der Waals surface area contributed by atoms with E-state index in [4.69, 9.17) is 5.84 Å². The van der Waals surface area contributed by atoms with Crippen LogP contribution in [0.3, 0.4) is 0 Å². The summed E-state index contributed by atoms with van der Waals surface area (Å²) in [5, 5.41) is 1.05. The molecule has 0 aliphatic heterocycles. The molecule has 0 spiro atoms. The summed E-state index contributed by atoms with van der Waals surface area (Å²) in [6.45, 7) is 4.28. The van der Waals surface area contributed by atoms with E-state index in [1.54, 1.807) is 12.1 Å². The summed E-state index contributed by atoms with van der Waals surface area (Å²) in [4.78, 5) is 4.68. The van der Waals surface area contributed by atoms with Crippen LogP contribution in [0.5, 0.6) is 0 Å². The van der Waals surface area contributed by atoms with Crippen molar-refractivity contribution < 1.29 is 4.39 Å². The Kier molecular flexibility index (Phi) is 3.77. The minimum absolute atomic E-state index is 0.262. The molecule has 1 heterocycles. The Labute approximate surface area is 129 Å². The van der Waals surface area contributed by atoms with Crippen molar-refractivity contribution in [2.45, 2.75) is 19.8 Å². The van der Waals surface area contributed by atoms with Crippen molar-refractivity contribution in [1.82, 2.24) is 4.98 Å². The van der Waals surface area contributed by atoms with Crippen molar-refractivity contribution in [2.24, 2.45) is 5.84 Å². The number of pyridine rings is 1. The predicted octanol–water partition coefficient (Wildman–Crippen LogP) is 4.45. The Bertz CT molecular complexity index is 810. The first-order chi connectivity index (χ1) is 10.6. The molecule has 3 nitrogen and oxygen atoms in total. The molecule has 4 heteroatoms. The number of nitrogen functional groups attached to an aromatic ring is 1. The standard InChI is InChI=1S/C18H18FN3/c1-11(2)15-5-3-4-13-10-16(18(22-20)21-17(13)15)12-6-8-14(19)9-7-12/h3-11H,20H2,1-2H3,(H,21,22). The van der Waals surface area contributed by atoms with Gasteiger partial charge in [0, 0.05) is 10.9 Å². The third kappa shape index (κ3) is 2.53. The highest BCUT2D eigenvalue weighted by Gasteiger charge is 2.12. The molecule has 1 aromatic heterocycles. The smallest absolute Gasteiger partial charge is 0.148 e. The van der Waals surface area contributed by atoms with Gasteiger partial charge >= 0.3 is 0 Å². The van der Waals surface area contributed by atoms with Crippen LogP contribution in [0, 0.1) is 5.82 Å². The number of nitrogens with two attached hydrogens (primary N) is 1. The van der Waals surface area contributed by atoms with Crippen LogP contribution in [0.25, 0.3) is 22.0 Å². The third-order valence-electron chi connectivity index (χ3n) is 3.79. The van der Waals surface area contributed by atoms with Gasteiger partial charge in [0.1, 0.15) is 11.6 Å². The van der Waals surface area contributed by atoms with Crippen LogP contribution in [0.1, 0.15) is 25.3 Å². The highest BCUT2D eigenvalue weighted by molar-refractivity contribution is 5.91. The van der Waals surface area contributed by atoms with Gasteiger partial charge in [0.25, 0.3) is 0 Å². The van der Waals surface area contributed by atoms with Crippen molar-refractivity contribution in [3.8, 4) is 11.1 Å². The van der Waals surface area contributed by atoms with Crippen LogP contribution < -0.4 is 11.3 Å². The fourth-order valence-corrected chi connectivity index (χ4v) is 2.65. The highest BCUT2D eigenvalue weighted by Crippen LogP contribution is 2.32. The molecule has 2 aromatic carbocycles. The maximum atomic E-state index is 13.1. The van der Waals surface area contributed by atoms with E-state index in [1.165, 1.54) is 17.7 Å². The van der Waals surface area contributed by atoms with E-state index in [-0.39, 0.29) is 5.82 Å². The first-order valence-corrected chi connectivity index (χ1v) is 7.26. The van der Waals surface area contributed by atoms with Gasteiger partial charge in [-0.15, -0.1) is 0 Å². The molecule has 0 radical (unpaired) electrons. The summed E-state index contributed by atoms with van der Waals surface area (Å²) in [5.74, 6) is 6.35. The van der Waals surface area contributed by atoms with Crippen LogP contribution in [0.15, 0.2) is 48.5 Å². The molecule has 0 aliphatic carbocycles. The molecule has 0 amide bonds. The van der Waals surface area contributed by atoms with Gasteiger partial charge in [0.15, 0.2) is 0 Å². The SMILES string of the molecule is CC(C)c1cccc2cc(-c3ccc(F)cc3)c(NN)nc12. The Balaban J connectivity index is 2.25. The highest BCUT2D eigenvalue weighted by atomic mass is 19.1. The van der Waals surface area contributed by atoms with Crippen molar-refractivity contribution in [2.75, 3.05) is 5.43 Å². The van der Waals surface area contributed by atoms with Gasteiger partial charge in [-0.05, 0) is 35.2 Å². The van der Waals surface area contributed by atoms with E-state index in [0.717, 1.165) is 22.0 Å². The molecule has 0 atom stereocenters. The first kappa shape index (κ1) is 14.5. The molecular weight excluding hydrogens is 277 g/mol. The summed E-state index contributed by atoms with van der Waals surface area (Å²) >= 11 is 0. The molecule has 22 heavy (non-hydrogen) atoms. The second-order valence-electron chi connectivity index (χ2n) is 5.61. The third-order valence-corrected chi connectivity index (χ3v) is 3.79. The zero-order valence-electron chi connectivity index (χ0n) is 12.6. The lowest BCUT2D eigenvalue weighted by Gasteiger charge is -2.14. The van der Waals surface area contributed by atoms with Gasteiger partial charge in [0.2, 0.25) is 0 Å². The number of fused-ring (bicyclic) bond motifs is 1. The molecule has 3 aromatic rings. The van der Waals surface area contributed by atoms with Gasteiger partial charge in [-0.1, -0.05) is 44.2 Å². The molecule has 0 saturated carbocycles. The molecule has 0 bridgehead atoms. The largest absolute Gasteiger partial charge is 0.308 e. The van der Waals surface area contributed by atoms with Crippen molar-refractivity contribution in [1.29, 1.82) is 0 Å². The lowest BCUT2D eigenvalue weighted by molar-refractivity contribution is 0.628. The average molecular weight is 295 g/mol. The van der Waals surface area contributed by atoms with Gasteiger partial charge in [0.05, 0.1) is 5.52 Å². The van der Waals surface area contributed by atoms with Gasteiger partial charge in [-0.3, -0.25) is 0 Å². The van der Waals surface area contributed by atoms with Crippen LogP contribution in [0.2, 0.25) is 0 Å². The number of hydrogen-bond donors (Lipinski definition) is 2. The summed E-state index contributed by atoms with van der Waals surface area (Å²) in [5.41, 5.74) is 6.51. The maximum Gasteiger partial charge on any atom is 0.148 e. The first-order valence-electron chi connectivity index (χ1n) is 7.26. The van der Waals surface area contributed by atoms with Crippen molar-refractivity contribution in [3.63, 3.8) is 0 Å². The second-order valence-corrected chi connectivity index (χ2v) is 5.61. The van der Waals surface area contributed by atoms with Crippen molar-refractivity contribution in [3.05, 3.63) is 59.9 Å². The van der Waals surface area contributed by atoms with Crippen molar-refractivity contribution >= 4 is 16.7 Å². The zero-order chi connectivity index (χ0) is 15.7. The number of aromatic nitrogens is 1. The fraction of sp³-hybridized carbons (Fsp3) is 0.167. The summed E-state index contributed by atoms with van der Waals surface area (Å²) in [7, 11) is 0. The number of nitrogens with one attached hydrogen (secondary N) is 1. The van der Waals surface area contributed by atoms with E-state index in [9.17, 15) is 4.39 Å². The van der Waals surface area contributed by atoms with Gasteiger partial charge in [-0.2, -0.15) is 0 Å². The number of hydrazine groups is 1. The Morgan fingerprint density at radius 1 is 1.09 bits per heavy atom. The van der Waals surface area contributed by atoms with E-state index in [1.807, 2.05) is 18.2 Å². The van der Waals surface area contributed by atoms with E-state index in [0.29, 0.717) is 11.7 Å². The average Bonchev–Trinajstić information content (AvgIpc) is 2.53. The molecule has 0 fully saturated rings. The Morgan fingerprint density at radius 2 is 1.82 bits per heavy atom. The van der Waals surface area contributed by atoms with E-state index >= 15 is 0 Å². The van der Waals surface area contributed by atoms with Crippen LogP contribution in [-0.4, -0.2) is 4.98 Å². The number of hydrogen-bond acceptors (Lipinski definition) is 3. The lowest BCUT2D eigenvalue weighted by atomic mass is 9.97. The van der Waals surface area contributed by atoms with Gasteiger partial charge < -0.3 is 5.43 Å². The fourth-order valence-electron chi connectivity index (χ4n) is 2.65. The minimum atomic E-state index is -0.262. The molecule has 0 saturated heterocycles. The molecule has 3 N–H and O–H groups in total. The quantitative estimate of drug-likeness (QED) is 0.554. The second kappa shape index (κ2) is 5.73. The van der Waals surface area contributed by atoms with Gasteiger partial charge in [-0.25, -0.2) is 15.2 Å². The monoisotopic (exact) mass is 295 g/mol. The topological polar surface area (TPSA) is 50.9 Å². The molecule has 112 valence electrons. The summed E-state index contributed by atoms with van der Waals surface area (Å²) < 4.78 is 13.1. The molecular formula is C18H18FN3. The van der Waals surface area contributed by atoms with Crippen LogP contribution >= 0.6 is 0 Å². The summed E-state index contributed by atoms with van der Waals surface area (Å²) in [6, 6.07) is 14.5. The molecule has 0 aliphatic rings. The number of para-hydroxylation sites is 1. The van der Waals surface area contributed by atoms with E-state index in [2.05, 4.69) is 30.3 Å². The number of anilines is 1. The Morgan fingerprint density at radius 3 is 2.45 bits per heavy atom. The van der Waals surface area contributed by atoms with Crippen LogP contribution in [-0.2, 0) is 0 Å². The normalized spacial score (nSPS) is 11.1. The number of nitrogens with zero attached hydrogens (tertiary/aromatic N) is 1. The lowest BCUT2D eigenvalue weighted by Crippen LogP contribution is -2.10. The number of benzene rings is 2. The minimum Gasteiger partial charge on any atom is -0.308 e. The maximum absolute atomic E-state index is 13.1. The number of rotatable bonds is 3. The summed E-state index contributed by atoms with van der Waals surface area (Å²) in [6.07, 6.45) is 0.